The van der Waals surface area contributed by atoms with Crippen LogP contribution in [0.5, 0.6) is 5.75 Å². The van der Waals surface area contributed by atoms with Gasteiger partial charge in [-0.05, 0) is 48.8 Å². The predicted octanol–water partition coefficient (Wildman–Crippen LogP) is 3.58. The van der Waals surface area contributed by atoms with Crippen molar-refractivity contribution < 1.29 is 35.9 Å². The number of phenols is 1. The third kappa shape index (κ3) is 4.21. The van der Waals surface area contributed by atoms with Crippen molar-refractivity contribution in [3.63, 3.8) is 0 Å². The summed E-state index contributed by atoms with van der Waals surface area (Å²) in [7, 11) is -4.29. The second kappa shape index (κ2) is 7.58. The van der Waals surface area contributed by atoms with Crippen molar-refractivity contribution in [2.45, 2.75) is 58.5 Å². The fraction of sp³-hybridized carbons (Fsp3) is 0.632. The summed E-state index contributed by atoms with van der Waals surface area (Å²) in [6.07, 6.45) is -2.22. The van der Waals surface area contributed by atoms with E-state index in [-0.39, 0.29) is 24.3 Å². The van der Waals surface area contributed by atoms with Crippen LogP contribution < -0.4 is 9.03 Å². The van der Waals surface area contributed by atoms with Crippen LogP contribution in [0.1, 0.15) is 50.7 Å². The number of fused-ring (bicyclic) bond motifs is 1. The van der Waals surface area contributed by atoms with Crippen molar-refractivity contribution in [2.24, 2.45) is 11.3 Å². The van der Waals surface area contributed by atoms with Gasteiger partial charge in [-0.2, -0.15) is 21.6 Å². The Hall–Kier alpha value is -2.04. The summed E-state index contributed by atoms with van der Waals surface area (Å²) in [4.78, 5) is 11.5. The Morgan fingerprint density at radius 2 is 1.97 bits per heavy atom. The monoisotopic (exact) mass is 452 g/mol. The first kappa shape index (κ1) is 22.6. The minimum Gasteiger partial charge on any atom is -0.506 e. The van der Waals surface area contributed by atoms with Gasteiger partial charge < -0.3 is 5.11 Å². The number of hydrogen-bond donors (Lipinski definition) is 2. The highest BCUT2D eigenvalue weighted by Crippen LogP contribution is 2.44. The number of alkyl halides is 3. The molecule has 1 aromatic rings. The van der Waals surface area contributed by atoms with Crippen molar-refractivity contribution >= 4 is 21.8 Å². The summed E-state index contributed by atoms with van der Waals surface area (Å²) in [6.45, 7) is 1.68. The molecule has 0 saturated carbocycles. The topological polar surface area (TPSA) is 86.7 Å². The lowest BCUT2D eigenvalue weighted by molar-refractivity contribution is -0.214. The number of carbonyl (C=O) groups is 1. The molecule has 1 fully saturated rings. The quantitative estimate of drug-likeness (QED) is 0.669. The average Bonchev–Trinajstić information content (AvgIpc) is 2.86. The van der Waals surface area contributed by atoms with E-state index in [1.807, 2.05) is 0 Å². The molecule has 6 nitrogen and oxygen atoms in total. The zero-order valence-corrected chi connectivity index (χ0v) is 17.5. The van der Waals surface area contributed by atoms with E-state index >= 15 is 4.39 Å². The maximum Gasteiger partial charge on any atom is 0.393 e. The van der Waals surface area contributed by atoms with Gasteiger partial charge in [0.25, 0.3) is 5.91 Å². The van der Waals surface area contributed by atoms with Gasteiger partial charge in [0.15, 0.2) is 5.82 Å². The molecule has 11 heteroatoms. The smallest absolute Gasteiger partial charge is 0.393 e. The number of rotatable bonds is 5. The van der Waals surface area contributed by atoms with Gasteiger partial charge >= 0.3 is 16.4 Å². The lowest BCUT2D eigenvalue weighted by atomic mass is 9.78. The second-order valence-corrected chi connectivity index (χ2v) is 10.2. The highest BCUT2D eigenvalue weighted by molar-refractivity contribution is 7.92. The van der Waals surface area contributed by atoms with Gasteiger partial charge in [0.05, 0.1) is 5.41 Å². The fourth-order valence-corrected chi connectivity index (χ4v) is 5.18. The largest absolute Gasteiger partial charge is 0.506 e. The van der Waals surface area contributed by atoms with Gasteiger partial charge in [0.1, 0.15) is 18.0 Å². The molecule has 2 aliphatic rings. The van der Waals surface area contributed by atoms with Gasteiger partial charge in [-0.25, -0.2) is 13.4 Å². The van der Waals surface area contributed by atoms with E-state index in [4.69, 9.17) is 0 Å². The molecule has 1 aliphatic heterocycles. The Kier molecular flexibility index (Phi) is 5.72. The summed E-state index contributed by atoms with van der Waals surface area (Å²) >= 11 is 0. The molecular weight excluding hydrogens is 428 g/mol. The van der Waals surface area contributed by atoms with Crippen LogP contribution in [0.3, 0.4) is 0 Å². The van der Waals surface area contributed by atoms with E-state index in [0.29, 0.717) is 35.6 Å². The van der Waals surface area contributed by atoms with Gasteiger partial charge in [-0.1, -0.05) is 26.7 Å². The minimum absolute atomic E-state index is 0.0387. The van der Waals surface area contributed by atoms with Crippen molar-refractivity contribution in [1.29, 1.82) is 0 Å². The van der Waals surface area contributed by atoms with Crippen LogP contribution in [-0.2, 0) is 27.8 Å². The zero-order valence-electron chi connectivity index (χ0n) is 16.6. The first-order valence-corrected chi connectivity index (χ1v) is 11.1. The number of nitrogens with one attached hydrogen (secondary N) is 1. The molecule has 3 rings (SSSR count). The van der Waals surface area contributed by atoms with Gasteiger partial charge in [0, 0.05) is 0 Å². The lowest BCUT2D eigenvalue weighted by Crippen LogP contribution is -2.32. The Bertz CT molecular complexity index is 960. The van der Waals surface area contributed by atoms with E-state index in [9.17, 15) is 31.5 Å². The first-order chi connectivity index (χ1) is 13.7. The van der Waals surface area contributed by atoms with Crippen LogP contribution >= 0.6 is 0 Å². The number of hydrogen-bond acceptors (Lipinski definition) is 4. The van der Waals surface area contributed by atoms with Crippen LogP contribution in [0.15, 0.2) is 6.07 Å². The third-order valence-electron chi connectivity index (χ3n) is 5.98. The van der Waals surface area contributed by atoms with E-state index in [1.54, 1.807) is 4.72 Å². The van der Waals surface area contributed by atoms with Crippen LogP contribution in [0, 0.1) is 17.2 Å². The molecule has 30 heavy (non-hydrogen) atoms. The molecule has 1 aromatic carbocycles. The lowest BCUT2D eigenvalue weighted by Gasteiger charge is -2.30. The Morgan fingerprint density at radius 3 is 2.53 bits per heavy atom. The number of halogens is 4. The summed E-state index contributed by atoms with van der Waals surface area (Å²) in [5.41, 5.74) is -1.60. The van der Waals surface area contributed by atoms with E-state index in [1.165, 1.54) is 6.07 Å². The van der Waals surface area contributed by atoms with Gasteiger partial charge in [-0.3, -0.25) is 4.79 Å². The summed E-state index contributed by atoms with van der Waals surface area (Å²) in [5.74, 6) is -2.37. The second-order valence-electron chi connectivity index (χ2n) is 8.62. The number of aromatic hydroxyl groups is 1. The highest BCUT2D eigenvalue weighted by Gasteiger charge is 2.46. The van der Waals surface area contributed by atoms with Crippen molar-refractivity contribution in [2.75, 3.05) is 10.8 Å². The van der Waals surface area contributed by atoms with Crippen LogP contribution in [-0.4, -0.2) is 32.2 Å². The van der Waals surface area contributed by atoms with E-state index in [0.717, 1.165) is 13.8 Å². The molecule has 0 aromatic heterocycles. The number of nitrogens with zero attached hydrogens (tertiary/aromatic N) is 1. The van der Waals surface area contributed by atoms with E-state index in [2.05, 4.69) is 0 Å². The zero-order chi connectivity index (χ0) is 22.5. The average molecular weight is 452 g/mol. The number of phenolic OH excluding ortho intramolecular Hbond substituents is 1. The molecule has 1 saturated heterocycles. The maximum absolute atomic E-state index is 15.2. The summed E-state index contributed by atoms with van der Waals surface area (Å²) in [6, 6.07) is 1.30. The Labute approximate surface area is 172 Å². The Balaban J connectivity index is 1.78. The molecule has 168 valence electrons. The minimum atomic E-state index is -4.29. The maximum atomic E-state index is 15.2. The molecular formula is C19H24F4N2O4S. The number of amides is 1. The van der Waals surface area contributed by atoms with Crippen LogP contribution in [0.25, 0.3) is 0 Å². The third-order valence-corrected chi connectivity index (χ3v) is 7.36. The van der Waals surface area contributed by atoms with Gasteiger partial charge in [-0.15, -0.1) is 0 Å². The first-order valence-electron chi connectivity index (χ1n) is 9.66. The standard InChI is InChI=1S/C19H24F4N2O4S/c1-18(2,19(21,22)23)7-3-4-11-5-6-12-9-14(26)17(16(20)13(12)8-11)25-10-15(27)24-30(25,28)29/h9,11,26H,3-8,10H2,1-2H3,(H,24,27)/t11-/m1/s1. The fourth-order valence-electron chi connectivity index (χ4n) is 4.01. The van der Waals surface area contributed by atoms with Gasteiger partial charge in [0.2, 0.25) is 0 Å². The molecule has 1 amide bonds. The van der Waals surface area contributed by atoms with Crippen molar-refractivity contribution in [3.05, 3.63) is 23.0 Å². The molecule has 0 unspecified atom stereocenters. The normalized spacial score (nSPS) is 21.5. The molecule has 0 radical (unpaired) electrons. The molecule has 1 heterocycles. The number of aryl methyl sites for hydroxylation is 1. The van der Waals surface area contributed by atoms with Crippen molar-refractivity contribution in [1.82, 2.24) is 4.72 Å². The summed E-state index contributed by atoms with van der Waals surface area (Å²) in [5, 5.41) is 10.2. The highest BCUT2D eigenvalue weighted by atomic mass is 32.2. The molecule has 1 aliphatic carbocycles. The SMILES string of the molecule is CC(C)(CCC[C@@H]1CCc2cc(O)c(N3CC(=O)NS3(=O)=O)c(F)c2C1)C(F)(F)F. The molecule has 0 spiro atoms. The molecule has 1 atom stereocenters. The van der Waals surface area contributed by atoms with Crippen molar-refractivity contribution in [3.8, 4) is 5.75 Å². The number of anilines is 1. The van der Waals surface area contributed by atoms with E-state index < -0.39 is 51.5 Å². The molecule has 2 N–H and O–H groups in total. The predicted molar refractivity (Wildman–Crippen MR) is 102 cm³/mol. The number of benzene rings is 1. The molecule has 0 bridgehead atoms. The van der Waals surface area contributed by atoms with Crippen LogP contribution in [0.4, 0.5) is 23.2 Å². The summed E-state index contributed by atoms with van der Waals surface area (Å²) < 4.78 is 80.6. The van der Waals surface area contributed by atoms with Crippen LogP contribution in [0.2, 0.25) is 0 Å². The number of carbonyl (C=O) groups excluding carboxylic acids is 1. The Morgan fingerprint density at radius 1 is 1.30 bits per heavy atom.